The SMILES string of the molecule is COc1cccc(C(CN)OC(C)(C)C)c1. The fraction of sp³-hybridized carbons (Fsp3) is 0.538. The van der Waals surface area contributed by atoms with Crippen LogP contribution in [0.2, 0.25) is 0 Å². The van der Waals surface area contributed by atoms with Crippen LogP contribution in [0.3, 0.4) is 0 Å². The van der Waals surface area contributed by atoms with Gasteiger partial charge in [0.15, 0.2) is 0 Å². The van der Waals surface area contributed by atoms with Crippen LogP contribution in [0.5, 0.6) is 5.75 Å². The van der Waals surface area contributed by atoms with Crippen LogP contribution in [0.1, 0.15) is 32.4 Å². The summed E-state index contributed by atoms with van der Waals surface area (Å²) in [7, 11) is 1.65. The predicted molar refractivity (Wildman–Crippen MR) is 65.6 cm³/mol. The molecule has 0 aliphatic rings. The highest BCUT2D eigenvalue weighted by Gasteiger charge is 2.19. The van der Waals surface area contributed by atoms with Crippen molar-refractivity contribution in [3.05, 3.63) is 29.8 Å². The molecule has 0 aliphatic carbocycles. The molecular weight excluding hydrogens is 202 g/mol. The number of hydrogen-bond acceptors (Lipinski definition) is 3. The second-order valence-electron chi connectivity index (χ2n) is 4.73. The van der Waals surface area contributed by atoms with Crippen molar-refractivity contribution in [2.75, 3.05) is 13.7 Å². The van der Waals surface area contributed by atoms with E-state index in [4.69, 9.17) is 15.2 Å². The minimum atomic E-state index is -0.201. The predicted octanol–water partition coefficient (Wildman–Crippen LogP) is 2.51. The van der Waals surface area contributed by atoms with E-state index in [0.717, 1.165) is 11.3 Å². The van der Waals surface area contributed by atoms with Crippen molar-refractivity contribution in [2.24, 2.45) is 5.73 Å². The highest BCUT2D eigenvalue weighted by atomic mass is 16.5. The normalized spacial score (nSPS) is 13.6. The van der Waals surface area contributed by atoms with E-state index in [9.17, 15) is 0 Å². The first-order valence-corrected chi connectivity index (χ1v) is 5.48. The Morgan fingerprint density at radius 2 is 2.00 bits per heavy atom. The molecule has 0 aliphatic heterocycles. The maximum atomic E-state index is 5.89. The van der Waals surface area contributed by atoms with Gasteiger partial charge in [-0.3, -0.25) is 0 Å². The summed E-state index contributed by atoms with van der Waals surface area (Å²) < 4.78 is 11.1. The summed E-state index contributed by atoms with van der Waals surface area (Å²) >= 11 is 0. The molecule has 0 bridgehead atoms. The Bertz CT molecular complexity index is 331. The molecule has 1 aromatic rings. The summed E-state index contributed by atoms with van der Waals surface area (Å²) in [5, 5.41) is 0. The highest BCUT2D eigenvalue weighted by molar-refractivity contribution is 5.30. The molecule has 0 saturated heterocycles. The molecule has 0 radical (unpaired) electrons. The molecule has 16 heavy (non-hydrogen) atoms. The Hall–Kier alpha value is -1.06. The number of hydrogen-bond donors (Lipinski definition) is 1. The zero-order chi connectivity index (χ0) is 12.2. The van der Waals surface area contributed by atoms with Crippen LogP contribution in [0.15, 0.2) is 24.3 Å². The third kappa shape index (κ3) is 3.83. The van der Waals surface area contributed by atoms with Gasteiger partial charge in [-0.15, -0.1) is 0 Å². The fourth-order valence-corrected chi connectivity index (χ4v) is 1.52. The Labute approximate surface area is 97.6 Å². The molecule has 0 spiro atoms. The highest BCUT2D eigenvalue weighted by Crippen LogP contribution is 2.25. The Kier molecular flexibility index (Phi) is 4.33. The van der Waals surface area contributed by atoms with Gasteiger partial charge in [-0.25, -0.2) is 0 Å². The summed E-state index contributed by atoms with van der Waals surface area (Å²) in [6.45, 7) is 6.53. The zero-order valence-electron chi connectivity index (χ0n) is 10.5. The summed E-state index contributed by atoms with van der Waals surface area (Å²) in [4.78, 5) is 0. The molecule has 0 heterocycles. The van der Waals surface area contributed by atoms with Crippen LogP contribution in [0, 0.1) is 0 Å². The van der Waals surface area contributed by atoms with E-state index >= 15 is 0 Å². The lowest BCUT2D eigenvalue weighted by molar-refractivity contribution is -0.0573. The molecule has 1 atom stereocenters. The standard InChI is InChI=1S/C13H21NO2/c1-13(2,3)16-12(9-14)10-6-5-7-11(8-10)15-4/h5-8,12H,9,14H2,1-4H3. The van der Waals surface area contributed by atoms with Gasteiger partial charge in [-0.2, -0.15) is 0 Å². The minimum absolute atomic E-state index is 0.0879. The van der Waals surface area contributed by atoms with E-state index in [-0.39, 0.29) is 11.7 Å². The van der Waals surface area contributed by atoms with Gasteiger partial charge in [0.1, 0.15) is 5.75 Å². The van der Waals surface area contributed by atoms with Gasteiger partial charge in [0, 0.05) is 6.54 Å². The molecule has 90 valence electrons. The van der Waals surface area contributed by atoms with Crippen LogP contribution in [0.25, 0.3) is 0 Å². The smallest absolute Gasteiger partial charge is 0.119 e. The van der Waals surface area contributed by atoms with Crippen molar-refractivity contribution in [2.45, 2.75) is 32.5 Å². The molecule has 2 N–H and O–H groups in total. The molecule has 0 amide bonds. The number of rotatable bonds is 4. The van der Waals surface area contributed by atoms with E-state index < -0.39 is 0 Å². The molecule has 0 fully saturated rings. The molecule has 1 aromatic carbocycles. The van der Waals surface area contributed by atoms with Gasteiger partial charge in [-0.05, 0) is 38.5 Å². The van der Waals surface area contributed by atoms with Gasteiger partial charge in [-0.1, -0.05) is 12.1 Å². The maximum absolute atomic E-state index is 5.89. The quantitative estimate of drug-likeness (QED) is 0.853. The lowest BCUT2D eigenvalue weighted by atomic mass is 10.1. The van der Waals surface area contributed by atoms with Crippen LogP contribution in [0.4, 0.5) is 0 Å². The summed E-state index contributed by atoms with van der Waals surface area (Å²) in [5.41, 5.74) is 6.59. The minimum Gasteiger partial charge on any atom is -0.497 e. The monoisotopic (exact) mass is 223 g/mol. The molecule has 1 rings (SSSR count). The Morgan fingerprint density at radius 1 is 1.31 bits per heavy atom. The first kappa shape index (κ1) is 13.0. The van der Waals surface area contributed by atoms with Crippen LogP contribution < -0.4 is 10.5 Å². The Balaban J connectivity index is 2.86. The molecular formula is C13H21NO2. The van der Waals surface area contributed by atoms with Gasteiger partial charge in [0.25, 0.3) is 0 Å². The topological polar surface area (TPSA) is 44.5 Å². The van der Waals surface area contributed by atoms with E-state index in [1.54, 1.807) is 7.11 Å². The molecule has 3 nitrogen and oxygen atoms in total. The lowest BCUT2D eigenvalue weighted by Crippen LogP contribution is -2.27. The van der Waals surface area contributed by atoms with Crippen LogP contribution >= 0.6 is 0 Å². The van der Waals surface area contributed by atoms with Crippen LogP contribution in [-0.2, 0) is 4.74 Å². The van der Waals surface area contributed by atoms with Crippen molar-refractivity contribution >= 4 is 0 Å². The van der Waals surface area contributed by atoms with E-state index in [0.29, 0.717) is 6.54 Å². The van der Waals surface area contributed by atoms with E-state index in [2.05, 4.69) is 0 Å². The second-order valence-corrected chi connectivity index (χ2v) is 4.73. The summed E-state index contributed by atoms with van der Waals surface area (Å²) in [5.74, 6) is 0.827. The molecule has 3 heteroatoms. The van der Waals surface area contributed by atoms with Gasteiger partial charge < -0.3 is 15.2 Å². The zero-order valence-corrected chi connectivity index (χ0v) is 10.5. The average molecular weight is 223 g/mol. The summed E-state index contributed by atoms with van der Waals surface area (Å²) in [6.07, 6.45) is -0.0879. The number of ether oxygens (including phenoxy) is 2. The second kappa shape index (κ2) is 5.32. The molecule has 1 unspecified atom stereocenters. The maximum Gasteiger partial charge on any atom is 0.119 e. The summed E-state index contributed by atoms with van der Waals surface area (Å²) in [6, 6.07) is 7.83. The molecule has 0 aromatic heterocycles. The number of benzene rings is 1. The van der Waals surface area contributed by atoms with Crippen molar-refractivity contribution in [3.63, 3.8) is 0 Å². The third-order valence-electron chi connectivity index (χ3n) is 2.18. The van der Waals surface area contributed by atoms with Gasteiger partial charge >= 0.3 is 0 Å². The van der Waals surface area contributed by atoms with Crippen molar-refractivity contribution in [3.8, 4) is 5.75 Å². The molecule has 0 saturated carbocycles. The first-order valence-electron chi connectivity index (χ1n) is 5.48. The van der Waals surface area contributed by atoms with E-state index in [1.807, 2.05) is 45.0 Å². The number of nitrogens with two attached hydrogens (primary N) is 1. The number of methoxy groups -OCH3 is 1. The van der Waals surface area contributed by atoms with Crippen molar-refractivity contribution < 1.29 is 9.47 Å². The van der Waals surface area contributed by atoms with Gasteiger partial charge in [0.05, 0.1) is 18.8 Å². The Morgan fingerprint density at radius 3 is 2.50 bits per heavy atom. The fourth-order valence-electron chi connectivity index (χ4n) is 1.52. The van der Waals surface area contributed by atoms with Crippen LogP contribution in [-0.4, -0.2) is 19.3 Å². The average Bonchev–Trinajstić information content (AvgIpc) is 2.25. The van der Waals surface area contributed by atoms with Crippen molar-refractivity contribution in [1.29, 1.82) is 0 Å². The lowest BCUT2D eigenvalue weighted by Gasteiger charge is -2.27. The van der Waals surface area contributed by atoms with Crippen molar-refractivity contribution in [1.82, 2.24) is 0 Å². The first-order chi connectivity index (χ1) is 7.46. The van der Waals surface area contributed by atoms with E-state index in [1.165, 1.54) is 0 Å². The van der Waals surface area contributed by atoms with Gasteiger partial charge in [0.2, 0.25) is 0 Å². The third-order valence-corrected chi connectivity index (χ3v) is 2.18. The largest absolute Gasteiger partial charge is 0.497 e.